The first-order valence-corrected chi connectivity index (χ1v) is 19.2. The molecule has 0 aliphatic heterocycles. The second-order valence-corrected chi connectivity index (χ2v) is 14.9. The minimum absolute atomic E-state index is 0.280. The molecular weight excluding hydrogens is 781 g/mol. The summed E-state index contributed by atoms with van der Waals surface area (Å²) in [6, 6.07) is 42.6. The van der Waals surface area contributed by atoms with E-state index in [0.717, 1.165) is 43.9 Å². The van der Waals surface area contributed by atoms with E-state index in [-0.39, 0.29) is 6.04 Å². The first-order valence-electron chi connectivity index (χ1n) is 18.2. The Kier molecular flexibility index (Phi) is 11.2. The largest absolute Gasteiger partial charge is 0.384 e. The van der Waals surface area contributed by atoms with Gasteiger partial charge in [0.25, 0.3) is 0 Å². The van der Waals surface area contributed by atoms with Crippen LogP contribution in [-0.2, 0) is 13.1 Å². The summed E-state index contributed by atoms with van der Waals surface area (Å²) in [5.74, 6) is 0.492. The molecule has 0 aliphatic carbocycles. The van der Waals surface area contributed by atoms with Gasteiger partial charge in [-0.1, -0.05) is 109 Å². The summed E-state index contributed by atoms with van der Waals surface area (Å²) in [7, 11) is 0. The number of fused-ring (bicyclic) bond motifs is 2. The van der Waals surface area contributed by atoms with Crippen LogP contribution in [0.25, 0.3) is 44.6 Å². The molecule has 8 aromatic rings. The molecule has 4 aromatic heterocycles. The van der Waals surface area contributed by atoms with Gasteiger partial charge >= 0.3 is 0 Å². The van der Waals surface area contributed by atoms with Crippen LogP contribution >= 0.6 is 22.6 Å². The molecule has 0 bridgehead atoms. The fourth-order valence-corrected chi connectivity index (χ4v) is 6.85. The van der Waals surface area contributed by atoms with Gasteiger partial charge in [-0.3, -0.25) is 0 Å². The molecule has 4 aromatic carbocycles. The summed E-state index contributed by atoms with van der Waals surface area (Å²) < 4.78 is 5.10. The molecule has 0 fully saturated rings. The van der Waals surface area contributed by atoms with Crippen molar-refractivity contribution < 1.29 is 0 Å². The summed E-state index contributed by atoms with van der Waals surface area (Å²) in [6.45, 7) is 9.94. The zero-order valence-electron chi connectivity index (χ0n) is 30.9. The first kappa shape index (κ1) is 36.6. The van der Waals surface area contributed by atoms with Crippen LogP contribution in [0.1, 0.15) is 50.9 Å². The first-order chi connectivity index (χ1) is 26.2. The Bertz CT molecular complexity index is 2280. The van der Waals surface area contributed by atoms with Gasteiger partial charge < -0.3 is 25.5 Å². The molecule has 0 radical (unpaired) electrons. The fraction of sp³-hybridized carbons (Fsp3) is 0.182. The Morgan fingerprint density at radius 2 is 0.963 bits per heavy atom. The molecule has 54 heavy (non-hydrogen) atoms. The molecule has 8 rings (SSSR count). The van der Waals surface area contributed by atoms with Crippen LogP contribution in [0, 0.1) is 3.70 Å². The number of anilines is 3. The van der Waals surface area contributed by atoms with Crippen molar-refractivity contribution in [1.82, 2.24) is 29.1 Å². The number of nitrogens with one attached hydrogen (secondary N) is 2. The van der Waals surface area contributed by atoms with Crippen molar-refractivity contribution in [3.05, 3.63) is 149 Å². The van der Waals surface area contributed by atoms with E-state index in [1.807, 2.05) is 35.4 Å². The predicted octanol–water partition coefficient (Wildman–Crippen LogP) is 10.8. The van der Waals surface area contributed by atoms with Gasteiger partial charge in [0.15, 0.2) is 11.3 Å². The van der Waals surface area contributed by atoms with E-state index in [0.29, 0.717) is 18.4 Å². The number of hydrogen-bond donors (Lipinski definition) is 3. The molecule has 4 heterocycles. The second-order valence-electron chi connectivity index (χ2n) is 13.8. The average molecular weight is 826 g/mol. The van der Waals surface area contributed by atoms with Crippen molar-refractivity contribution in [2.24, 2.45) is 0 Å². The number of halogens is 1. The van der Waals surface area contributed by atoms with Gasteiger partial charge in [-0.2, -0.15) is 0 Å². The van der Waals surface area contributed by atoms with Crippen LogP contribution in [0.15, 0.2) is 134 Å². The third-order valence-corrected chi connectivity index (χ3v) is 9.80. The number of aromatic nitrogens is 6. The normalized spacial score (nSPS) is 11.2. The molecule has 0 saturated carbocycles. The van der Waals surface area contributed by atoms with Crippen molar-refractivity contribution in [2.45, 2.75) is 52.9 Å². The van der Waals surface area contributed by atoms with E-state index in [9.17, 15) is 0 Å². The third-order valence-electron chi connectivity index (χ3n) is 9.25. The van der Waals surface area contributed by atoms with E-state index in [2.05, 4.69) is 189 Å². The van der Waals surface area contributed by atoms with Crippen molar-refractivity contribution in [2.75, 3.05) is 16.4 Å². The standard InChI is InChI=1S/C22H21IN4.C22H23N5/c2*1-15(2)27-14-25-21-19(12-20(23)26-22(21)27)24-13-16-8-10-18(11-9-16)17-6-4-3-5-7-17/h3-12,14-15H,13H2,1-2H3,(H,24,26);3-12,14-15H,13H2,1-2H3,(H3,23,24,26). The number of hydrogen-bond acceptors (Lipinski definition) is 7. The molecule has 0 unspecified atom stereocenters. The van der Waals surface area contributed by atoms with Gasteiger partial charge in [-0.25, -0.2) is 19.9 Å². The fourth-order valence-electron chi connectivity index (χ4n) is 6.31. The van der Waals surface area contributed by atoms with Gasteiger partial charge in [-0.15, -0.1) is 0 Å². The molecule has 0 atom stereocenters. The van der Waals surface area contributed by atoms with Crippen LogP contribution in [0.3, 0.4) is 0 Å². The monoisotopic (exact) mass is 825 g/mol. The van der Waals surface area contributed by atoms with Crippen molar-refractivity contribution >= 4 is 62.1 Å². The summed E-state index contributed by atoms with van der Waals surface area (Å²) in [5.41, 5.74) is 18.8. The van der Waals surface area contributed by atoms with Crippen LogP contribution in [0.5, 0.6) is 0 Å². The lowest BCUT2D eigenvalue weighted by Crippen LogP contribution is -2.04. The Morgan fingerprint density at radius 1 is 0.556 bits per heavy atom. The van der Waals surface area contributed by atoms with E-state index >= 15 is 0 Å². The molecule has 9 nitrogen and oxygen atoms in total. The Morgan fingerprint density at radius 3 is 1.41 bits per heavy atom. The predicted molar refractivity (Wildman–Crippen MR) is 231 cm³/mol. The molecule has 0 saturated heterocycles. The molecule has 0 aliphatic rings. The van der Waals surface area contributed by atoms with Crippen LogP contribution in [0.4, 0.5) is 17.2 Å². The lowest BCUT2D eigenvalue weighted by molar-refractivity contribution is 0.612. The topological polar surface area (TPSA) is 112 Å². The molecular formula is C44H44IN9. The highest BCUT2D eigenvalue weighted by atomic mass is 127. The zero-order chi connectivity index (χ0) is 37.6. The smallest absolute Gasteiger partial charge is 0.164 e. The molecule has 0 spiro atoms. The van der Waals surface area contributed by atoms with Crippen molar-refractivity contribution in [3.8, 4) is 22.3 Å². The minimum atomic E-state index is 0.280. The highest BCUT2D eigenvalue weighted by Crippen LogP contribution is 2.28. The Hall–Kier alpha value is -5.75. The van der Waals surface area contributed by atoms with Crippen LogP contribution in [-0.4, -0.2) is 29.1 Å². The Labute approximate surface area is 329 Å². The van der Waals surface area contributed by atoms with Gasteiger partial charge in [0, 0.05) is 31.2 Å². The number of nitrogens with zero attached hydrogens (tertiary/aromatic N) is 6. The molecule has 4 N–H and O–H groups in total. The molecule has 0 amide bonds. The maximum Gasteiger partial charge on any atom is 0.164 e. The van der Waals surface area contributed by atoms with Gasteiger partial charge in [-0.05, 0) is 89.7 Å². The molecule has 10 heteroatoms. The summed E-state index contributed by atoms with van der Waals surface area (Å²) in [4.78, 5) is 18.2. The SMILES string of the molecule is CC(C)n1cnc2c(NCc3ccc(-c4ccccc4)cc3)cc(I)nc21.CC(C)n1cnc2c(NCc3ccc(-c4ccccc4)cc3)cc(N)nc21. The van der Waals surface area contributed by atoms with Crippen molar-refractivity contribution in [1.29, 1.82) is 0 Å². The highest BCUT2D eigenvalue weighted by Gasteiger charge is 2.14. The number of pyridine rings is 2. The van der Waals surface area contributed by atoms with Gasteiger partial charge in [0.1, 0.15) is 20.6 Å². The molecule has 272 valence electrons. The quantitative estimate of drug-likeness (QED) is 0.0930. The van der Waals surface area contributed by atoms with Crippen LogP contribution < -0.4 is 16.4 Å². The summed E-state index contributed by atoms with van der Waals surface area (Å²) in [6.07, 6.45) is 3.69. The Balaban J connectivity index is 0.000000167. The zero-order valence-corrected chi connectivity index (χ0v) is 33.1. The summed E-state index contributed by atoms with van der Waals surface area (Å²) in [5, 5.41) is 7.00. The van der Waals surface area contributed by atoms with Crippen molar-refractivity contribution in [3.63, 3.8) is 0 Å². The average Bonchev–Trinajstić information content (AvgIpc) is 3.83. The number of rotatable bonds is 10. The van der Waals surface area contributed by atoms with E-state index in [1.54, 1.807) is 0 Å². The van der Waals surface area contributed by atoms with E-state index in [4.69, 9.17) is 5.73 Å². The lowest BCUT2D eigenvalue weighted by atomic mass is 10.0. The third kappa shape index (κ3) is 8.39. The van der Waals surface area contributed by atoms with Gasteiger partial charge in [0.2, 0.25) is 0 Å². The highest BCUT2D eigenvalue weighted by molar-refractivity contribution is 14.1. The maximum atomic E-state index is 6.01. The second kappa shape index (κ2) is 16.5. The minimum Gasteiger partial charge on any atom is -0.384 e. The maximum absolute atomic E-state index is 6.01. The number of imidazole rings is 2. The number of nitrogen functional groups attached to an aromatic ring is 1. The summed E-state index contributed by atoms with van der Waals surface area (Å²) >= 11 is 2.26. The number of benzene rings is 4. The van der Waals surface area contributed by atoms with Gasteiger partial charge in [0.05, 0.1) is 24.0 Å². The van der Waals surface area contributed by atoms with E-state index in [1.165, 1.54) is 33.4 Å². The van der Waals surface area contributed by atoms with Crippen LogP contribution in [0.2, 0.25) is 0 Å². The van der Waals surface area contributed by atoms with E-state index < -0.39 is 0 Å². The number of nitrogens with two attached hydrogens (primary N) is 1. The lowest BCUT2D eigenvalue weighted by Gasteiger charge is -2.11.